The zero-order chi connectivity index (χ0) is 27.1. The number of carbonyl (C=O) groups excluding carboxylic acids is 5. The first kappa shape index (κ1) is 24.5. The van der Waals surface area contributed by atoms with E-state index in [-0.39, 0.29) is 18.6 Å². The van der Waals surface area contributed by atoms with Gasteiger partial charge in [0.2, 0.25) is 0 Å². The molecule has 0 N–H and O–H groups in total. The number of allylic oxidation sites excluding steroid dienone is 1. The van der Waals surface area contributed by atoms with E-state index < -0.39 is 47.5 Å². The van der Waals surface area contributed by atoms with Gasteiger partial charge in [-0.3, -0.25) is 24.0 Å². The second-order valence-electron chi connectivity index (χ2n) is 9.80. The number of hydrogen-bond donors (Lipinski definition) is 0. The summed E-state index contributed by atoms with van der Waals surface area (Å²) in [4.78, 5) is 61.4. The average molecular weight is 523 g/mol. The SMILES string of the molecule is O=C1CC(C2CC3C(=O)OC(=O)C3c3cc(Oc4ccc(C=CC(=O)c5ccccc5)cc4)ccc32)C(=O)O1. The molecular formula is C31H22O8. The molecule has 2 saturated heterocycles. The molecule has 4 unspecified atom stereocenters. The van der Waals surface area contributed by atoms with E-state index in [0.29, 0.717) is 28.2 Å². The molecule has 0 amide bonds. The maximum Gasteiger partial charge on any atom is 0.321 e. The molecule has 3 aliphatic rings. The molecule has 0 spiro atoms. The minimum atomic E-state index is -0.796. The fourth-order valence-electron chi connectivity index (χ4n) is 5.57. The van der Waals surface area contributed by atoms with Crippen LogP contribution in [-0.4, -0.2) is 29.7 Å². The van der Waals surface area contributed by atoms with Crippen LogP contribution in [0.1, 0.15) is 51.7 Å². The molecule has 0 radical (unpaired) electrons. The standard InChI is InChI=1S/C31H22O8/c32-26(18-4-2-1-3-5-18)13-8-17-6-9-19(10-7-17)37-20-11-12-21-22(24-16-27(33)38-29(24)34)15-25-28(23(21)14-20)31(36)39-30(25)35/h1-14,22,24-25,28H,15-16H2. The minimum Gasteiger partial charge on any atom is -0.457 e. The van der Waals surface area contributed by atoms with Crippen LogP contribution in [0.2, 0.25) is 0 Å². The highest BCUT2D eigenvalue weighted by atomic mass is 16.6. The normalized spacial score (nSPS) is 23.8. The summed E-state index contributed by atoms with van der Waals surface area (Å²) in [7, 11) is 0. The van der Waals surface area contributed by atoms with E-state index in [9.17, 15) is 24.0 Å². The lowest BCUT2D eigenvalue weighted by atomic mass is 9.67. The fraction of sp³-hybridized carbons (Fsp3) is 0.194. The molecule has 39 heavy (non-hydrogen) atoms. The summed E-state index contributed by atoms with van der Waals surface area (Å²) in [6.07, 6.45) is 3.38. The third-order valence-corrected chi connectivity index (χ3v) is 7.45. The second-order valence-corrected chi connectivity index (χ2v) is 9.80. The van der Waals surface area contributed by atoms with E-state index >= 15 is 0 Å². The van der Waals surface area contributed by atoms with Gasteiger partial charge in [-0.05, 0) is 59.4 Å². The monoisotopic (exact) mass is 522 g/mol. The van der Waals surface area contributed by atoms with E-state index in [4.69, 9.17) is 14.2 Å². The van der Waals surface area contributed by atoms with Gasteiger partial charge in [-0.25, -0.2) is 0 Å². The van der Waals surface area contributed by atoms with Gasteiger partial charge < -0.3 is 14.2 Å². The third-order valence-electron chi connectivity index (χ3n) is 7.45. The number of ether oxygens (including phenoxy) is 3. The summed E-state index contributed by atoms with van der Waals surface area (Å²) in [5.74, 6) is -4.32. The van der Waals surface area contributed by atoms with E-state index in [1.165, 1.54) is 6.08 Å². The van der Waals surface area contributed by atoms with Gasteiger partial charge in [-0.15, -0.1) is 0 Å². The lowest BCUT2D eigenvalue weighted by molar-refractivity contribution is -0.155. The van der Waals surface area contributed by atoms with E-state index in [2.05, 4.69) is 0 Å². The van der Waals surface area contributed by atoms with Crippen LogP contribution < -0.4 is 4.74 Å². The van der Waals surface area contributed by atoms with Crippen molar-refractivity contribution in [2.75, 3.05) is 0 Å². The number of fused-ring (bicyclic) bond motifs is 3. The Kier molecular flexibility index (Phi) is 6.15. The first-order chi connectivity index (χ1) is 18.9. The van der Waals surface area contributed by atoms with Crippen molar-refractivity contribution in [3.8, 4) is 11.5 Å². The number of rotatable bonds is 6. The third kappa shape index (κ3) is 4.65. The van der Waals surface area contributed by atoms with Gasteiger partial charge in [0.25, 0.3) is 0 Å². The lowest BCUT2D eigenvalue weighted by Crippen LogP contribution is -2.31. The number of hydrogen-bond acceptors (Lipinski definition) is 8. The summed E-state index contributed by atoms with van der Waals surface area (Å²) >= 11 is 0. The van der Waals surface area contributed by atoms with Crippen LogP contribution in [0.15, 0.2) is 78.9 Å². The zero-order valence-corrected chi connectivity index (χ0v) is 20.6. The van der Waals surface area contributed by atoms with Gasteiger partial charge in [0.1, 0.15) is 11.5 Å². The maximum absolute atomic E-state index is 12.6. The Hall–Kier alpha value is -4.85. The number of cyclic esters (lactones) is 4. The van der Waals surface area contributed by atoms with Gasteiger partial charge in [0.05, 0.1) is 24.2 Å². The fourth-order valence-corrected chi connectivity index (χ4v) is 5.57. The van der Waals surface area contributed by atoms with E-state index in [0.717, 1.165) is 5.56 Å². The highest BCUT2D eigenvalue weighted by Crippen LogP contribution is 2.51. The maximum atomic E-state index is 12.6. The molecule has 0 aromatic heterocycles. The van der Waals surface area contributed by atoms with Crippen LogP contribution in [0.3, 0.4) is 0 Å². The van der Waals surface area contributed by atoms with Crippen molar-refractivity contribution in [1.82, 2.24) is 0 Å². The molecule has 8 nitrogen and oxygen atoms in total. The highest BCUT2D eigenvalue weighted by Gasteiger charge is 2.53. The smallest absolute Gasteiger partial charge is 0.321 e. The number of ketones is 1. The summed E-state index contributed by atoms with van der Waals surface area (Å²) < 4.78 is 15.7. The van der Waals surface area contributed by atoms with Crippen LogP contribution in [-0.2, 0) is 28.7 Å². The van der Waals surface area contributed by atoms with Crippen molar-refractivity contribution in [1.29, 1.82) is 0 Å². The van der Waals surface area contributed by atoms with Gasteiger partial charge in [0.15, 0.2) is 5.78 Å². The van der Waals surface area contributed by atoms with Crippen molar-refractivity contribution >= 4 is 35.7 Å². The van der Waals surface area contributed by atoms with Crippen LogP contribution in [0.4, 0.5) is 0 Å². The summed E-state index contributed by atoms with van der Waals surface area (Å²) in [6, 6.07) is 21.3. The van der Waals surface area contributed by atoms with E-state index in [1.54, 1.807) is 48.5 Å². The Morgan fingerprint density at radius 1 is 0.744 bits per heavy atom. The van der Waals surface area contributed by atoms with Gasteiger partial charge in [-0.2, -0.15) is 0 Å². The zero-order valence-electron chi connectivity index (χ0n) is 20.6. The summed E-state index contributed by atoms with van der Waals surface area (Å²) in [5.41, 5.74) is 2.68. The number of carbonyl (C=O) groups is 5. The largest absolute Gasteiger partial charge is 0.457 e. The predicted molar refractivity (Wildman–Crippen MR) is 137 cm³/mol. The van der Waals surface area contributed by atoms with Crippen molar-refractivity contribution in [2.24, 2.45) is 11.8 Å². The Bertz CT molecular complexity index is 1540. The second kappa shape index (κ2) is 9.79. The Morgan fingerprint density at radius 2 is 1.46 bits per heavy atom. The Balaban J connectivity index is 1.24. The molecule has 3 aromatic rings. The summed E-state index contributed by atoms with van der Waals surface area (Å²) in [5, 5.41) is 0. The molecule has 6 rings (SSSR count). The molecule has 3 aromatic carbocycles. The first-order valence-corrected chi connectivity index (χ1v) is 12.6. The van der Waals surface area contributed by atoms with Crippen LogP contribution in [0.25, 0.3) is 6.08 Å². The molecular weight excluding hydrogens is 500 g/mol. The molecule has 2 heterocycles. The average Bonchev–Trinajstić information content (AvgIpc) is 3.43. The van der Waals surface area contributed by atoms with Crippen LogP contribution in [0.5, 0.6) is 11.5 Å². The number of benzene rings is 3. The van der Waals surface area contributed by atoms with E-state index in [1.807, 2.05) is 30.3 Å². The van der Waals surface area contributed by atoms with Crippen molar-refractivity contribution in [2.45, 2.75) is 24.7 Å². The lowest BCUT2D eigenvalue weighted by Gasteiger charge is -2.33. The quantitative estimate of drug-likeness (QED) is 0.198. The molecule has 194 valence electrons. The number of esters is 4. The molecule has 1 aliphatic carbocycles. The van der Waals surface area contributed by atoms with Gasteiger partial charge in [0, 0.05) is 5.56 Å². The molecule has 4 atom stereocenters. The highest BCUT2D eigenvalue weighted by molar-refractivity contribution is 6.06. The van der Waals surface area contributed by atoms with Crippen LogP contribution >= 0.6 is 0 Å². The predicted octanol–water partition coefficient (Wildman–Crippen LogP) is 4.74. The van der Waals surface area contributed by atoms with Crippen molar-refractivity contribution in [3.63, 3.8) is 0 Å². The van der Waals surface area contributed by atoms with Gasteiger partial charge in [-0.1, -0.05) is 54.6 Å². The topological polar surface area (TPSA) is 113 Å². The summed E-state index contributed by atoms with van der Waals surface area (Å²) in [6.45, 7) is 0. The van der Waals surface area contributed by atoms with Crippen LogP contribution in [0, 0.1) is 11.8 Å². The van der Waals surface area contributed by atoms with Gasteiger partial charge >= 0.3 is 23.9 Å². The Morgan fingerprint density at radius 3 is 2.18 bits per heavy atom. The van der Waals surface area contributed by atoms with Crippen molar-refractivity contribution < 1.29 is 38.2 Å². The Labute approximate surface area is 223 Å². The molecule has 2 aliphatic heterocycles. The molecule has 0 bridgehead atoms. The molecule has 2 fully saturated rings. The van der Waals surface area contributed by atoms with Crippen molar-refractivity contribution in [3.05, 3.63) is 101 Å². The minimum absolute atomic E-state index is 0.0701. The first-order valence-electron chi connectivity index (χ1n) is 12.6. The molecule has 0 saturated carbocycles. The molecule has 8 heteroatoms.